The minimum absolute atomic E-state index is 1.08. The summed E-state index contributed by atoms with van der Waals surface area (Å²) in [6.07, 6.45) is 16.9. The molecule has 0 aromatic carbocycles. The Labute approximate surface area is 87.8 Å². The fraction of sp³-hybridized carbons (Fsp3) is 0.857. The van der Waals surface area contributed by atoms with Crippen molar-refractivity contribution in [1.82, 2.24) is 0 Å². The van der Waals surface area contributed by atoms with Crippen LogP contribution < -0.4 is 0 Å². The third kappa shape index (κ3) is 1.43. The maximum Gasteiger partial charge on any atom is -0.0317 e. The minimum atomic E-state index is 1.08. The summed E-state index contributed by atoms with van der Waals surface area (Å²) in [6.45, 7) is 0. The number of fused-ring (bicyclic) bond motifs is 3. The maximum absolute atomic E-state index is 2.47. The lowest BCUT2D eigenvalue weighted by Gasteiger charge is -2.29. The molecule has 3 rings (SSSR count). The molecule has 0 aromatic heterocycles. The van der Waals surface area contributed by atoms with E-state index in [1.165, 1.54) is 32.1 Å². The lowest BCUT2D eigenvalue weighted by Crippen LogP contribution is -2.20. The zero-order chi connectivity index (χ0) is 9.38. The molecule has 0 nitrogen and oxygen atoms in total. The Balaban J connectivity index is 1.78. The van der Waals surface area contributed by atoms with Gasteiger partial charge in [-0.1, -0.05) is 31.4 Å². The van der Waals surface area contributed by atoms with Crippen molar-refractivity contribution in [2.45, 2.75) is 51.4 Å². The van der Waals surface area contributed by atoms with Crippen molar-refractivity contribution in [1.29, 1.82) is 0 Å². The molecule has 14 heavy (non-hydrogen) atoms. The zero-order valence-electron chi connectivity index (χ0n) is 9.12. The van der Waals surface area contributed by atoms with Gasteiger partial charge in [0.25, 0.3) is 0 Å². The minimum Gasteiger partial charge on any atom is -0.0885 e. The van der Waals surface area contributed by atoms with E-state index in [9.17, 15) is 0 Å². The van der Waals surface area contributed by atoms with Crippen molar-refractivity contribution in [2.24, 2.45) is 23.7 Å². The van der Waals surface area contributed by atoms with Gasteiger partial charge in [0, 0.05) is 0 Å². The molecule has 0 N–H and O–H groups in total. The second kappa shape index (κ2) is 3.72. The fourth-order valence-corrected chi connectivity index (χ4v) is 4.39. The molecule has 0 saturated heterocycles. The van der Waals surface area contributed by atoms with E-state index in [0.717, 1.165) is 23.7 Å². The molecular weight excluding hydrogens is 168 g/mol. The SMILES string of the molecule is C1=CC[C@@H]2C(CC1)C[C@H]1CCCC[C@H]12. The van der Waals surface area contributed by atoms with Crippen LogP contribution in [0.25, 0.3) is 0 Å². The van der Waals surface area contributed by atoms with Crippen LogP contribution in [0.2, 0.25) is 0 Å². The first-order chi connectivity index (χ1) is 6.95. The van der Waals surface area contributed by atoms with E-state index in [1.807, 2.05) is 0 Å². The van der Waals surface area contributed by atoms with Crippen LogP contribution in [0.15, 0.2) is 12.2 Å². The summed E-state index contributed by atoms with van der Waals surface area (Å²) in [5, 5.41) is 0. The van der Waals surface area contributed by atoms with Crippen molar-refractivity contribution >= 4 is 0 Å². The van der Waals surface area contributed by atoms with E-state index in [0.29, 0.717) is 0 Å². The summed E-state index contributed by atoms with van der Waals surface area (Å²) >= 11 is 0. The largest absolute Gasteiger partial charge is 0.0885 e. The molecule has 78 valence electrons. The average Bonchev–Trinajstić information content (AvgIpc) is 2.42. The molecule has 1 unspecified atom stereocenters. The van der Waals surface area contributed by atoms with Crippen molar-refractivity contribution in [2.75, 3.05) is 0 Å². The maximum atomic E-state index is 2.47. The predicted molar refractivity (Wildman–Crippen MR) is 60.0 cm³/mol. The van der Waals surface area contributed by atoms with E-state index in [-0.39, 0.29) is 0 Å². The van der Waals surface area contributed by atoms with Crippen LogP contribution in [-0.2, 0) is 0 Å². The second-order valence-corrected chi connectivity index (χ2v) is 5.65. The van der Waals surface area contributed by atoms with Gasteiger partial charge in [0.05, 0.1) is 0 Å². The lowest BCUT2D eigenvalue weighted by atomic mass is 9.76. The third-order valence-electron chi connectivity index (χ3n) is 5.01. The van der Waals surface area contributed by atoms with E-state index in [1.54, 1.807) is 19.3 Å². The van der Waals surface area contributed by atoms with Crippen LogP contribution >= 0.6 is 0 Å². The quantitative estimate of drug-likeness (QED) is 0.503. The highest BCUT2D eigenvalue weighted by Crippen LogP contribution is 2.52. The van der Waals surface area contributed by atoms with Crippen molar-refractivity contribution in [3.05, 3.63) is 12.2 Å². The van der Waals surface area contributed by atoms with Gasteiger partial charge in [-0.25, -0.2) is 0 Å². The summed E-state index contributed by atoms with van der Waals surface area (Å²) in [7, 11) is 0. The Kier molecular flexibility index (Phi) is 2.39. The highest BCUT2D eigenvalue weighted by Gasteiger charge is 2.42. The molecule has 0 spiro atoms. The van der Waals surface area contributed by atoms with Crippen LogP contribution in [0.1, 0.15) is 51.4 Å². The molecule has 0 heterocycles. The topological polar surface area (TPSA) is 0 Å². The van der Waals surface area contributed by atoms with E-state index < -0.39 is 0 Å². The number of allylic oxidation sites excluding steroid dienone is 2. The Morgan fingerprint density at radius 2 is 1.64 bits per heavy atom. The van der Waals surface area contributed by atoms with Gasteiger partial charge in [0.15, 0.2) is 0 Å². The lowest BCUT2D eigenvalue weighted by molar-refractivity contribution is 0.218. The average molecular weight is 190 g/mol. The summed E-state index contributed by atoms with van der Waals surface area (Å²) in [6, 6.07) is 0. The monoisotopic (exact) mass is 190 g/mol. The van der Waals surface area contributed by atoms with Gasteiger partial charge in [-0.2, -0.15) is 0 Å². The predicted octanol–water partition coefficient (Wildman–Crippen LogP) is 4.17. The Bertz CT molecular complexity index is 228. The van der Waals surface area contributed by atoms with Crippen molar-refractivity contribution in [3.8, 4) is 0 Å². The molecule has 3 aliphatic carbocycles. The molecule has 0 radical (unpaired) electrons. The summed E-state index contributed by atoms with van der Waals surface area (Å²) in [4.78, 5) is 0. The summed E-state index contributed by atoms with van der Waals surface area (Å²) in [5.74, 6) is 4.43. The van der Waals surface area contributed by atoms with Crippen LogP contribution in [0.4, 0.5) is 0 Å². The standard InChI is InChI=1S/C14H22/c1-2-6-11-10-12-7-4-5-9-14(12)13(11)8-3-1/h1,3,11-14H,2,4-10H2/t11?,12-,13-,14-/m1/s1. The van der Waals surface area contributed by atoms with Gasteiger partial charge in [-0.15, -0.1) is 0 Å². The zero-order valence-corrected chi connectivity index (χ0v) is 9.12. The Hall–Kier alpha value is -0.260. The third-order valence-corrected chi connectivity index (χ3v) is 5.01. The second-order valence-electron chi connectivity index (χ2n) is 5.65. The molecule has 0 aromatic rings. The Morgan fingerprint density at radius 1 is 0.786 bits per heavy atom. The van der Waals surface area contributed by atoms with Crippen LogP contribution in [0, 0.1) is 23.7 Å². The van der Waals surface area contributed by atoms with Gasteiger partial charge in [-0.3, -0.25) is 0 Å². The molecule has 2 saturated carbocycles. The van der Waals surface area contributed by atoms with Gasteiger partial charge >= 0.3 is 0 Å². The van der Waals surface area contributed by atoms with Crippen molar-refractivity contribution < 1.29 is 0 Å². The van der Waals surface area contributed by atoms with E-state index in [4.69, 9.17) is 0 Å². The van der Waals surface area contributed by atoms with Gasteiger partial charge in [-0.05, 0) is 55.8 Å². The van der Waals surface area contributed by atoms with E-state index >= 15 is 0 Å². The molecule has 0 aliphatic heterocycles. The molecule has 2 fully saturated rings. The molecule has 3 aliphatic rings. The van der Waals surface area contributed by atoms with Crippen LogP contribution in [0.3, 0.4) is 0 Å². The molecule has 0 heteroatoms. The molecule has 0 bridgehead atoms. The number of hydrogen-bond acceptors (Lipinski definition) is 0. The highest BCUT2D eigenvalue weighted by atomic mass is 14.5. The Morgan fingerprint density at radius 3 is 2.64 bits per heavy atom. The molecular formula is C14H22. The summed E-state index contributed by atoms with van der Waals surface area (Å²) < 4.78 is 0. The molecule has 0 amide bonds. The highest BCUT2D eigenvalue weighted by molar-refractivity contribution is 4.99. The first-order valence-corrected chi connectivity index (χ1v) is 6.60. The first-order valence-electron chi connectivity index (χ1n) is 6.60. The number of hydrogen-bond donors (Lipinski definition) is 0. The van der Waals surface area contributed by atoms with Gasteiger partial charge in [0.2, 0.25) is 0 Å². The normalized spacial score (nSPS) is 46.9. The van der Waals surface area contributed by atoms with Crippen molar-refractivity contribution in [3.63, 3.8) is 0 Å². The van der Waals surface area contributed by atoms with Gasteiger partial charge in [0.1, 0.15) is 0 Å². The fourth-order valence-electron chi connectivity index (χ4n) is 4.39. The molecule has 4 atom stereocenters. The smallest absolute Gasteiger partial charge is 0.0317 e. The van der Waals surface area contributed by atoms with Gasteiger partial charge < -0.3 is 0 Å². The van der Waals surface area contributed by atoms with E-state index in [2.05, 4.69) is 12.2 Å². The first kappa shape index (κ1) is 9.00. The van der Waals surface area contributed by atoms with Crippen LogP contribution in [-0.4, -0.2) is 0 Å². The van der Waals surface area contributed by atoms with Crippen LogP contribution in [0.5, 0.6) is 0 Å². The number of rotatable bonds is 0. The summed E-state index contributed by atoms with van der Waals surface area (Å²) in [5.41, 5.74) is 0.